The van der Waals surface area contributed by atoms with Crippen molar-refractivity contribution in [1.82, 2.24) is 5.32 Å². The third-order valence-electron chi connectivity index (χ3n) is 3.03. The molecule has 0 bridgehead atoms. The maximum atomic E-state index is 11.9. The summed E-state index contributed by atoms with van der Waals surface area (Å²) in [6.45, 7) is 8.64. The Morgan fingerprint density at radius 1 is 1.19 bits per heavy atom. The number of nitrogens with zero attached hydrogens (tertiary/aromatic N) is 1. The molecule has 0 spiro atoms. The minimum absolute atomic E-state index is 0.0225. The molecule has 0 unspecified atom stereocenters. The summed E-state index contributed by atoms with van der Waals surface area (Å²) in [5, 5.41) is 6.98. The van der Waals surface area contributed by atoms with Gasteiger partial charge in [0.2, 0.25) is 0 Å². The van der Waals surface area contributed by atoms with Gasteiger partial charge < -0.3 is 10.2 Å². The molecule has 0 radical (unpaired) electrons. The van der Waals surface area contributed by atoms with Crippen molar-refractivity contribution in [2.45, 2.75) is 53.1 Å². The van der Waals surface area contributed by atoms with E-state index < -0.39 is 0 Å². The van der Waals surface area contributed by atoms with E-state index in [0.717, 1.165) is 37.1 Å². The summed E-state index contributed by atoms with van der Waals surface area (Å²) in [6, 6.07) is 7.42. The molecule has 0 aliphatic heterocycles. The SMILES string of the molecule is CCCCCNC(=O)c1ccc(/C(C)=N/OC(C)C)cc1. The maximum absolute atomic E-state index is 11.9. The lowest BCUT2D eigenvalue weighted by molar-refractivity contribution is 0.0860. The molecule has 0 saturated heterocycles. The standard InChI is InChI=1S/C17H26N2O2/c1-5-6-7-12-18-17(20)16-10-8-15(9-11-16)14(4)19-21-13(2)3/h8-11,13H,5-7,12H2,1-4H3,(H,18,20)/b19-14+. The molecule has 0 fully saturated rings. The summed E-state index contributed by atoms with van der Waals surface area (Å²) in [7, 11) is 0. The van der Waals surface area contributed by atoms with Crippen molar-refractivity contribution in [3.8, 4) is 0 Å². The predicted octanol–water partition coefficient (Wildman–Crippen LogP) is 3.76. The van der Waals surface area contributed by atoms with Crippen LogP contribution in [0.5, 0.6) is 0 Å². The van der Waals surface area contributed by atoms with Gasteiger partial charge in [-0.1, -0.05) is 37.1 Å². The second-order valence-electron chi connectivity index (χ2n) is 5.37. The molecule has 0 atom stereocenters. The summed E-state index contributed by atoms with van der Waals surface area (Å²) in [6.07, 6.45) is 3.39. The molecule has 0 aliphatic rings. The average molecular weight is 290 g/mol. The summed E-state index contributed by atoms with van der Waals surface area (Å²) in [5.41, 5.74) is 2.43. The fourth-order valence-electron chi connectivity index (χ4n) is 1.78. The Bertz CT molecular complexity index is 464. The van der Waals surface area contributed by atoms with Gasteiger partial charge in [0.25, 0.3) is 5.91 Å². The van der Waals surface area contributed by atoms with E-state index in [0.29, 0.717) is 5.56 Å². The number of hydrogen-bond donors (Lipinski definition) is 1. The first kappa shape index (κ1) is 17.2. The van der Waals surface area contributed by atoms with Gasteiger partial charge in [0.05, 0.1) is 5.71 Å². The first-order chi connectivity index (χ1) is 10.0. The highest BCUT2D eigenvalue weighted by molar-refractivity contribution is 6.00. The maximum Gasteiger partial charge on any atom is 0.251 e. The van der Waals surface area contributed by atoms with Gasteiger partial charge >= 0.3 is 0 Å². The normalized spacial score (nSPS) is 11.6. The minimum atomic E-state index is -0.0225. The summed E-state index contributed by atoms with van der Waals surface area (Å²) in [5.74, 6) is -0.0225. The van der Waals surface area contributed by atoms with Gasteiger partial charge in [-0.15, -0.1) is 0 Å². The van der Waals surface area contributed by atoms with E-state index in [1.54, 1.807) is 0 Å². The smallest absolute Gasteiger partial charge is 0.251 e. The number of oxime groups is 1. The lowest BCUT2D eigenvalue weighted by atomic mass is 10.1. The van der Waals surface area contributed by atoms with Gasteiger partial charge in [0, 0.05) is 12.1 Å². The Balaban J connectivity index is 2.57. The van der Waals surface area contributed by atoms with Crippen LogP contribution in [0.15, 0.2) is 29.4 Å². The number of benzene rings is 1. The molecule has 0 heterocycles. The number of carbonyl (C=O) groups excluding carboxylic acids is 1. The molecule has 1 aromatic rings. The van der Waals surface area contributed by atoms with E-state index in [-0.39, 0.29) is 12.0 Å². The lowest BCUT2D eigenvalue weighted by Crippen LogP contribution is -2.24. The van der Waals surface area contributed by atoms with Crippen molar-refractivity contribution in [3.05, 3.63) is 35.4 Å². The van der Waals surface area contributed by atoms with Crippen molar-refractivity contribution in [3.63, 3.8) is 0 Å². The van der Waals surface area contributed by atoms with E-state index in [4.69, 9.17) is 4.84 Å². The van der Waals surface area contributed by atoms with Gasteiger partial charge in [-0.05, 0) is 44.9 Å². The molecular formula is C17H26N2O2. The van der Waals surface area contributed by atoms with Gasteiger partial charge in [-0.2, -0.15) is 0 Å². The summed E-state index contributed by atoms with van der Waals surface area (Å²) in [4.78, 5) is 17.2. The molecule has 4 heteroatoms. The van der Waals surface area contributed by atoms with Crippen LogP contribution in [0.25, 0.3) is 0 Å². The number of amides is 1. The highest BCUT2D eigenvalue weighted by Crippen LogP contribution is 2.07. The second kappa shape index (κ2) is 9.16. The average Bonchev–Trinajstić information content (AvgIpc) is 2.49. The van der Waals surface area contributed by atoms with Gasteiger partial charge in [-0.25, -0.2) is 0 Å². The van der Waals surface area contributed by atoms with E-state index >= 15 is 0 Å². The van der Waals surface area contributed by atoms with Gasteiger partial charge in [0.15, 0.2) is 0 Å². The highest BCUT2D eigenvalue weighted by atomic mass is 16.6. The number of rotatable bonds is 8. The van der Waals surface area contributed by atoms with E-state index in [9.17, 15) is 4.79 Å². The molecule has 1 N–H and O–H groups in total. The Morgan fingerprint density at radius 3 is 2.38 bits per heavy atom. The number of nitrogens with one attached hydrogen (secondary N) is 1. The molecule has 0 aliphatic carbocycles. The van der Waals surface area contributed by atoms with Crippen LogP contribution in [0.3, 0.4) is 0 Å². The van der Waals surface area contributed by atoms with Crippen LogP contribution in [0.2, 0.25) is 0 Å². The van der Waals surface area contributed by atoms with Crippen LogP contribution < -0.4 is 5.32 Å². The topological polar surface area (TPSA) is 50.7 Å². The molecule has 0 saturated carbocycles. The van der Waals surface area contributed by atoms with Crippen LogP contribution >= 0.6 is 0 Å². The van der Waals surface area contributed by atoms with Crippen LogP contribution in [0.4, 0.5) is 0 Å². The second-order valence-corrected chi connectivity index (χ2v) is 5.37. The first-order valence-electron chi connectivity index (χ1n) is 7.63. The number of carbonyl (C=O) groups is 1. The van der Waals surface area contributed by atoms with Crippen molar-refractivity contribution < 1.29 is 9.63 Å². The van der Waals surface area contributed by atoms with Crippen LogP contribution in [-0.2, 0) is 4.84 Å². The largest absolute Gasteiger partial charge is 0.393 e. The zero-order valence-corrected chi connectivity index (χ0v) is 13.5. The van der Waals surface area contributed by atoms with Crippen LogP contribution in [0.1, 0.15) is 62.9 Å². The van der Waals surface area contributed by atoms with E-state index in [1.165, 1.54) is 0 Å². The van der Waals surface area contributed by atoms with E-state index in [2.05, 4.69) is 17.4 Å². The van der Waals surface area contributed by atoms with Crippen molar-refractivity contribution in [2.24, 2.45) is 5.16 Å². The molecule has 0 aromatic heterocycles. The quantitative estimate of drug-likeness (QED) is 0.450. The molecule has 1 rings (SSSR count). The van der Waals surface area contributed by atoms with Crippen molar-refractivity contribution in [1.29, 1.82) is 0 Å². The monoisotopic (exact) mass is 290 g/mol. The molecule has 21 heavy (non-hydrogen) atoms. The van der Waals surface area contributed by atoms with Crippen LogP contribution in [0, 0.1) is 0 Å². The van der Waals surface area contributed by atoms with Crippen molar-refractivity contribution >= 4 is 11.6 Å². The first-order valence-corrected chi connectivity index (χ1v) is 7.63. The Morgan fingerprint density at radius 2 is 1.81 bits per heavy atom. The highest BCUT2D eigenvalue weighted by Gasteiger charge is 2.06. The zero-order valence-electron chi connectivity index (χ0n) is 13.5. The number of hydrogen-bond acceptors (Lipinski definition) is 3. The minimum Gasteiger partial charge on any atom is -0.393 e. The van der Waals surface area contributed by atoms with Gasteiger partial charge in [-0.3, -0.25) is 4.79 Å². The van der Waals surface area contributed by atoms with E-state index in [1.807, 2.05) is 45.0 Å². The number of unbranched alkanes of at least 4 members (excludes halogenated alkanes) is 2. The fraction of sp³-hybridized carbons (Fsp3) is 0.529. The Labute approximate surface area is 127 Å². The third kappa shape index (κ3) is 6.43. The summed E-state index contributed by atoms with van der Waals surface area (Å²) < 4.78 is 0. The molecule has 1 aromatic carbocycles. The van der Waals surface area contributed by atoms with Gasteiger partial charge in [0.1, 0.15) is 6.10 Å². The van der Waals surface area contributed by atoms with Crippen molar-refractivity contribution in [2.75, 3.05) is 6.54 Å². The molecular weight excluding hydrogens is 264 g/mol. The Kier molecular flexibility index (Phi) is 7.51. The Hall–Kier alpha value is -1.84. The predicted molar refractivity (Wildman–Crippen MR) is 86.7 cm³/mol. The fourth-order valence-corrected chi connectivity index (χ4v) is 1.78. The molecule has 116 valence electrons. The molecule has 4 nitrogen and oxygen atoms in total. The third-order valence-corrected chi connectivity index (χ3v) is 3.03. The molecule has 1 amide bonds. The summed E-state index contributed by atoms with van der Waals surface area (Å²) >= 11 is 0. The van der Waals surface area contributed by atoms with Crippen LogP contribution in [-0.4, -0.2) is 24.3 Å². The lowest BCUT2D eigenvalue weighted by Gasteiger charge is -2.07. The zero-order chi connectivity index (χ0) is 15.7.